The van der Waals surface area contributed by atoms with Crippen LogP contribution in [0.5, 0.6) is 5.75 Å². The number of carbonyl (C=O) groups is 3. The Morgan fingerprint density at radius 3 is 2.34 bits per heavy atom. The molecule has 29 heavy (non-hydrogen) atoms. The zero-order chi connectivity index (χ0) is 21.2. The number of benzene rings is 2. The molecule has 0 fully saturated rings. The van der Waals surface area contributed by atoms with E-state index in [4.69, 9.17) is 9.47 Å². The lowest BCUT2D eigenvalue weighted by Gasteiger charge is -2.29. The van der Waals surface area contributed by atoms with E-state index in [1.54, 1.807) is 48.5 Å². The highest BCUT2D eigenvalue weighted by atomic mass is 16.6. The molecule has 0 radical (unpaired) electrons. The van der Waals surface area contributed by atoms with Gasteiger partial charge in [0, 0.05) is 16.8 Å². The summed E-state index contributed by atoms with van der Waals surface area (Å²) in [5.41, 5.74) is -1.02. The van der Waals surface area contributed by atoms with Crippen molar-refractivity contribution in [1.82, 2.24) is 5.32 Å². The van der Waals surface area contributed by atoms with Crippen LogP contribution in [0.25, 0.3) is 0 Å². The number of fused-ring (bicyclic) bond motifs is 1. The molecule has 0 bridgehead atoms. The lowest BCUT2D eigenvalue weighted by Crippen LogP contribution is -2.47. The van der Waals surface area contributed by atoms with Crippen LogP contribution in [-0.4, -0.2) is 30.4 Å². The summed E-state index contributed by atoms with van der Waals surface area (Å²) in [4.78, 5) is 38.5. The first kappa shape index (κ1) is 20.4. The normalized spacial score (nSPS) is 17.9. The second kappa shape index (κ2) is 7.58. The molecular weight excluding hydrogens is 372 g/mol. The van der Waals surface area contributed by atoms with Crippen LogP contribution >= 0.6 is 0 Å². The highest BCUT2D eigenvalue weighted by Gasteiger charge is 2.52. The zero-order valence-electron chi connectivity index (χ0n) is 16.9. The summed E-state index contributed by atoms with van der Waals surface area (Å²) in [7, 11) is 1.52. The van der Waals surface area contributed by atoms with E-state index in [1.807, 2.05) is 20.8 Å². The highest BCUT2D eigenvalue weighted by molar-refractivity contribution is 6.09. The zero-order valence-corrected chi connectivity index (χ0v) is 16.9. The van der Waals surface area contributed by atoms with Crippen molar-refractivity contribution in [2.45, 2.75) is 38.3 Å². The predicted octanol–water partition coefficient (Wildman–Crippen LogP) is 3.00. The molecule has 1 aliphatic rings. The number of hydrogen-bond acceptors (Lipinski definition) is 5. The number of para-hydroxylation sites is 1. The van der Waals surface area contributed by atoms with Crippen LogP contribution in [0.1, 0.15) is 43.1 Å². The first-order valence-electron chi connectivity index (χ1n) is 9.24. The Labute approximate surface area is 169 Å². The van der Waals surface area contributed by atoms with E-state index in [0.29, 0.717) is 17.0 Å². The summed E-state index contributed by atoms with van der Waals surface area (Å²) in [5, 5.41) is 5.54. The van der Waals surface area contributed by atoms with Gasteiger partial charge in [0.15, 0.2) is 0 Å². The minimum absolute atomic E-state index is 0.249. The average molecular weight is 396 g/mol. The molecule has 1 unspecified atom stereocenters. The van der Waals surface area contributed by atoms with Crippen LogP contribution in [0.2, 0.25) is 0 Å². The molecule has 3 rings (SSSR count). The summed E-state index contributed by atoms with van der Waals surface area (Å²) in [6, 6.07) is 13.2. The van der Waals surface area contributed by atoms with E-state index in [0.717, 1.165) is 0 Å². The molecule has 7 nitrogen and oxygen atoms in total. The van der Waals surface area contributed by atoms with Crippen LogP contribution < -0.4 is 15.4 Å². The Bertz CT molecular complexity index is 946. The molecule has 1 atom stereocenters. The van der Waals surface area contributed by atoms with E-state index < -0.39 is 28.9 Å². The van der Waals surface area contributed by atoms with E-state index in [-0.39, 0.29) is 12.0 Å². The van der Waals surface area contributed by atoms with E-state index in [2.05, 4.69) is 10.6 Å². The van der Waals surface area contributed by atoms with Crippen molar-refractivity contribution in [2.24, 2.45) is 0 Å². The molecule has 2 aromatic carbocycles. The monoisotopic (exact) mass is 396 g/mol. The summed E-state index contributed by atoms with van der Waals surface area (Å²) < 4.78 is 10.8. The SMILES string of the molecule is COc1ccc(C(=O)OC2(CC(=O)NC(C)(C)C)C(=O)Nc3ccccc32)cc1. The fraction of sp³-hybridized carbons (Fsp3) is 0.318. The van der Waals surface area contributed by atoms with Gasteiger partial charge in [0.1, 0.15) is 5.75 Å². The number of methoxy groups -OCH3 is 1. The largest absolute Gasteiger partial charge is 0.497 e. The number of nitrogens with one attached hydrogen (secondary N) is 2. The Balaban J connectivity index is 1.96. The van der Waals surface area contributed by atoms with Crippen LogP contribution in [0.4, 0.5) is 5.69 Å². The fourth-order valence-electron chi connectivity index (χ4n) is 3.24. The van der Waals surface area contributed by atoms with Crippen molar-refractivity contribution < 1.29 is 23.9 Å². The molecule has 0 aliphatic carbocycles. The minimum atomic E-state index is -1.75. The summed E-state index contributed by atoms with van der Waals surface area (Å²) >= 11 is 0. The van der Waals surface area contributed by atoms with Gasteiger partial charge in [-0.3, -0.25) is 9.59 Å². The molecule has 1 heterocycles. The lowest BCUT2D eigenvalue weighted by molar-refractivity contribution is -0.142. The summed E-state index contributed by atoms with van der Waals surface area (Å²) in [6.45, 7) is 5.51. The topological polar surface area (TPSA) is 93.7 Å². The fourth-order valence-corrected chi connectivity index (χ4v) is 3.24. The van der Waals surface area contributed by atoms with Gasteiger partial charge in [-0.1, -0.05) is 18.2 Å². The molecule has 152 valence electrons. The third kappa shape index (κ3) is 4.23. The van der Waals surface area contributed by atoms with Gasteiger partial charge >= 0.3 is 5.97 Å². The average Bonchev–Trinajstić information content (AvgIpc) is 2.91. The van der Waals surface area contributed by atoms with E-state index in [9.17, 15) is 14.4 Å². The third-order valence-corrected chi connectivity index (χ3v) is 4.49. The van der Waals surface area contributed by atoms with E-state index in [1.165, 1.54) is 7.11 Å². The van der Waals surface area contributed by atoms with Crippen molar-refractivity contribution in [1.29, 1.82) is 0 Å². The van der Waals surface area contributed by atoms with Gasteiger partial charge < -0.3 is 20.1 Å². The van der Waals surface area contributed by atoms with Crippen LogP contribution in [0.3, 0.4) is 0 Å². The highest BCUT2D eigenvalue weighted by Crippen LogP contribution is 2.42. The minimum Gasteiger partial charge on any atom is -0.497 e. The van der Waals surface area contributed by atoms with Crippen molar-refractivity contribution in [3.8, 4) is 5.75 Å². The molecule has 0 spiro atoms. The van der Waals surface area contributed by atoms with Crippen molar-refractivity contribution in [3.63, 3.8) is 0 Å². The quantitative estimate of drug-likeness (QED) is 0.758. The Morgan fingerprint density at radius 1 is 1.07 bits per heavy atom. The molecule has 1 aliphatic heterocycles. The number of rotatable bonds is 5. The van der Waals surface area contributed by atoms with Crippen molar-refractivity contribution >= 4 is 23.5 Å². The first-order chi connectivity index (χ1) is 13.6. The van der Waals surface area contributed by atoms with Gasteiger partial charge in [-0.2, -0.15) is 0 Å². The van der Waals surface area contributed by atoms with Gasteiger partial charge in [-0.15, -0.1) is 0 Å². The number of ether oxygens (including phenoxy) is 2. The molecule has 2 amide bonds. The maximum Gasteiger partial charge on any atom is 0.339 e. The predicted molar refractivity (Wildman–Crippen MR) is 108 cm³/mol. The number of amides is 2. The molecule has 0 saturated heterocycles. The number of carbonyl (C=O) groups excluding carboxylic acids is 3. The number of hydrogen-bond donors (Lipinski definition) is 2. The van der Waals surface area contributed by atoms with Crippen LogP contribution in [-0.2, 0) is 19.9 Å². The second-order valence-corrected chi connectivity index (χ2v) is 7.92. The third-order valence-electron chi connectivity index (χ3n) is 4.49. The maximum atomic E-state index is 12.9. The maximum absolute atomic E-state index is 12.9. The Hall–Kier alpha value is -3.35. The molecule has 2 aromatic rings. The molecular formula is C22H24N2O5. The van der Waals surface area contributed by atoms with Crippen LogP contribution in [0, 0.1) is 0 Å². The summed E-state index contributed by atoms with van der Waals surface area (Å²) in [6.07, 6.45) is -0.324. The van der Waals surface area contributed by atoms with Crippen molar-refractivity contribution in [2.75, 3.05) is 12.4 Å². The Morgan fingerprint density at radius 2 is 1.72 bits per heavy atom. The molecule has 7 heteroatoms. The van der Waals surface area contributed by atoms with Crippen molar-refractivity contribution in [3.05, 3.63) is 59.7 Å². The standard InChI is InChI=1S/C22H24N2O5/c1-21(2,3)24-18(25)13-22(16-7-5-6-8-17(16)23-20(22)27)29-19(26)14-9-11-15(28-4)12-10-14/h5-12H,13H2,1-4H3,(H,23,27)(H,24,25). The van der Waals surface area contributed by atoms with Gasteiger partial charge in [-0.25, -0.2) is 4.79 Å². The lowest BCUT2D eigenvalue weighted by atomic mass is 9.90. The van der Waals surface area contributed by atoms with Crippen LogP contribution in [0.15, 0.2) is 48.5 Å². The second-order valence-electron chi connectivity index (χ2n) is 7.92. The van der Waals surface area contributed by atoms with Gasteiger partial charge in [-0.05, 0) is 51.1 Å². The number of esters is 1. The van der Waals surface area contributed by atoms with Gasteiger partial charge in [0.2, 0.25) is 11.5 Å². The molecule has 2 N–H and O–H groups in total. The smallest absolute Gasteiger partial charge is 0.339 e. The molecule has 0 aromatic heterocycles. The first-order valence-corrected chi connectivity index (χ1v) is 9.24. The van der Waals surface area contributed by atoms with E-state index >= 15 is 0 Å². The summed E-state index contributed by atoms with van der Waals surface area (Å²) in [5.74, 6) is -1.07. The van der Waals surface area contributed by atoms with Gasteiger partial charge in [0.05, 0.1) is 19.1 Å². The number of anilines is 1. The van der Waals surface area contributed by atoms with Gasteiger partial charge in [0.25, 0.3) is 5.91 Å². The Kier molecular flexibility index (Phi) is 5.33. The molecule has 0 saturated carbocycles.